The molecule has 0 fully saturated rings. The van der Waals surface area contributed by atoms with E-state index in [1.165, 1.54) is 0 Å². The van der Waals surface area contributed by atoms with E-state index in [9.17, 15) is 4.79 Å². The summed E-state index contributed by atoms with van der Waals surface area (Å²) in [6.07, 6.45) is 3.38. The fourth-order valence-corrected chi connectivity index (χ4v) is 2.92. The molecule has 1 aromatic carbocycles. The van der Waals surface area contributed by atoms with Gasteiger partial charge in [-0.25, -0.2) is 0 Å². The number of amides is 1. The van der Waals surface area contributed by atoms with Gasteiger partial charge in [0.15, 0.2) is 11.5 Å². The van der Waals surface area contributed by atoms with E-state index in [-0.39, 0.29) is 5.91 Å². The molecule has 120 valence electrons. The lowest BCUT2D eigenvalue weighted by Gasteiger charge is -2.26. The smallest absolute Gasteiger partial charge is 0.251 e. The third-order valence-electron chi connectivity index (χ3n) is 4.06. The minimum absolute atomic E-state index is 0.0939. The Morgan fingerprint density at radius 2 is 2.30 bits per heavy atom. The highest BCUT2D eigenvalue weighted by atomic mass is 16.5. The summed E-state index contributed by atoms with van der Waals surface area (Å²) < 4.78 is 11.2. The first kappa shape index (κ1) is 15.3. The summed E-state index contributed by atoms with van der Waals surface area (Å²) in [7, 11) is 3.28. The molecule has 3 rings (SSSR count). The number of para-hydroxylation sites is 1. The van der Waals surface area contributed by atoms with E-state index >= 15 is 0 Å². The highest BCUT2D eigenvalue weighted by Gasteiger charge is 2.23. The number of hydrogen-bond acceptors (Lipinski definition) is 4. The molecule has 1 aliphatic rings. The van der Waals surface area contributed by atoms with Crippen LogP contribution in [0.4, 0.5) is 0 Å². The Kier molecular flexibility index (Phi) is 4.46. The van der Waals surface area contributed by atoms with Gasteiger partial charge in [-0.15, -0.1) is 0 Å². The van der Waals surface area contributed by atoms with Crippen LogP contribution in [0.1, 0.15) is 21.6 Å². The van der Waals surface area contributed by atoms with Crippen molar-refractivity contribution in [2.24, 2.45) is 5.92 Å². The van der Waals surface area contributed by atoms with E-state index < -0.39 is 0 Å². The van der Waals surface area contributed by atoms with Gasteiger partial charge in [-0.2, -0.15) is 0 Å². The van der Waals surface area contributed by atoms with Gasteiger partial charge >= 0.3 is 0 Å². The third kappa shape index (κ3) is 3.28. The highest BCUT2D eigenvalue weighted by Crippen LogP contribution is 2.36. The van der Waals surface area contributed by atoms with Gasteiger partial charge in [0.1, 0.15) is 0 Å². The molecular weight excluding hydrogens is 292 g/mol. The molecule has 0 spiro atoms. The Bertz CT molecular complexity index is 715. The van der Waals surface area contributed by atoms with Gasteiger partial charge < -0.3 is 14.8 Å². The number of ether oxygens (including phenoxy) is 2. The zero-order valence-electron chi connectivity index (χ0n) is 13.3. The molecule has 1 amide bonds. The Labute approximate surface area is 135 Å². The normalized spacial score (nSPS) is 16.2. The first-order chi connectivity index (χ1) is 11.2. The molecule has 2 heterocycles. The van der Waals surface area contributed by atoms with Gasteiger partial charge in [-0.1, -0.05) is 12.1 Å². The predicted octanol–water partition coefficient (Wildman–Crippen LogP) is 2.24. The maximum atomic E-state index is 11.7. The molecule has 0 saturated carbocycles. The van der Waals surface area contributed by atoms with Gasteiger partial charge in [0.25, 0.3) is 5.91 Å². The lowest BCUT2D eigenvalue weighted by molar-refractivity contribution is 0.0963. The quantitative estimate of drug-likeness (QED) is 0.940. The number of nitrogens with zero attached hydrogens (tertiary/aromatic N) is 1. The fraction of sp³-hybridized carbons (Fsp3) is 0.333. The minimum Gasteiger partial charge on any atom is -0.493 e. The average molecular weight is 312 g/mol. The first-order valence-corrected chi connectivity index (χ1v) is 7.67. The summed E-state index contributed by atoms with van der Waals surface area (Å²) in [6, 6.07) is 9.53. The van der Waals surface area contributed by atoms with Crippen LogP contribution < -0.4 is 14.8 Å². The molecule has 0 aliphatic carbocycles. The van der Waals surface area contributed by atoms with E-state index in [2.05, 4.69) is 16.4 Å². The summed E-state index contributed by atoms with van der Waals surface area (Å²) in [4.78, 5) is 16.1. The number of hydrogen-bond donors (Lipinski definition) is 1. The molecule has 0 bridgehead atoms. The Hall–Kier alpha value is -2.56. The number of carbonyl (C=O) groups is 1. The number of pyridine rings is 1. The third-order valence-corrected chi connectivity index (χ3v) is 4.06. The number of fused-ring (bicyclic) bond motifs is 1. The summed E-state index contributed by atoms with van der Waals surface area (Å²) in [6.45, 7) is 0.624. The van der Waals surface area contributed by atoms with Crippen molar-refractivity contribution < 1.29 is 14.3 Å². The van der Waals surface area contributed by atoms with Crippen LogP contribution in [-0.4, -0.2) is 31.7 Å². The maximum absolute atomic E-state index is 11.7. The van der Waals surface area contributed by atoms with E-state index in [0.29, 0.717) is 18.1 Å². The number of methoxy groups -OCH3 is 1. The van der Waals surface area contributed by atoms with Crippen LogP contribution in [0.3, 0.4) is 0 Å². The van der Waals surface area contributed by atoms with E-state index in [1.54, 1.807) is 26.4 Å². The van der Waals surface area contributed by atoms with Gasteiger partial charge in [-0.3, -0.25) is 9.78 Å². The first-order valence-electron chi connectivity index (χ1n) is 7.67. The van der Waals surface area contributed by atoms with E-state index in [1.807, 2.05) is 18.2 Å². The standard InChI is InChI=1S/C18H20N2O3/c1-19-18(21)14-6-7-20-15(10-14)9-12-8-13-4-3-5-16(22-2)17(13)23-11-12/h3-7,10,12H,8-9,11H2,1-2H3,(H,19,21). The van der Waals surface area contributed by atoms with Crippen molar-refractivity contribution in [3.8, 4) is 11.5 Å². The van der Waals surface area contributed by atoms with Gasteiger partial charge in [0.05, 0.1) is 13.7 Å². The van der Waals surface area contributed by atoms with Crippen LogP contribution in [0, 0.1) is 5.92 Å². The Morgan fingerprint density at radius 1 is 1.43 bits per heavy atom. The zero-order valence-corrected chi connectivity index (χ0v) is 13.3. The molecular formula is C18H20N2O3. The average Bonchev–Trinajstić information content (AvgIpc) is 2.60. The van der Waals surface area contributed by atoms with Crippen molar-refractivity contribution in [2.75, 3.05) is 20.8 Å². The summed E-state index contributed by atoms with van der Waals surface area (Å²) in [5.74, 6) is 1.87. The lowest BCUT2D eigenvalue weighted by atomic mass is 9.92. The number of aromatic nitrogens is 1. The second-order valence-corrected chi connectivity index (χ2v) is 5.65. The van der Waals surface area contributed by atoms with Gasteiger partial charge in [0, 0.05) is 30.4 Å². The van der Waals surface area contributed by atoms with Crippen LogP contribution in [0.25, 0.3) is 0 Å². The number of carbonyl (C=O) groups excluding carboxylic acids is 1. The van der Waals surface area contributed by atoms with Crippen molar-refractivity contribution in [2.45, 2.75) is 12.8 Å². The van der Waals surface area contributed by atoms with Crippen molar-refractivity contribution >= 4 is 5.91 Å². The largest absolute Gasteiger partial charge is 0.493 e. The van der Waals surface area contributed by atoms with Gasteiger partial charge in [-0.05, 0) is 36.6 Å². The molecule has 5 heteroatoms. The topological polar surface area (TPSA) is 60.5 Å². The summed E-state index contributed by atoms with van der Waals surface area (Å²) in [5.41, 5.74) is 2.70. The molecule has 0 saturated heterocycles. The van der Waals surface area contributed by atoms with E-state index in [4.69, 9.17) is 9.47 Å². The molecule has 1 aromatic heterocycles. The highest BCUT2D eigenvalue weighted by molar-refractivity contribution is 5.93. The van der Waals surface area contributed by atoms with Crippen LogP contribution in [0.5, 0.6) is 11.5 Å². The minimum atomic E-state index is -0.0939. The van der Waals surface area contributed by atoms with Crippen LogP contribution >= 0.6 is 0 Å². The van der Waals surface area contributed by atoms with Crippen LogP contribution in [-0.2, 0) is 12.8 Å². The molecule has 0 radical (unpaired) electrons. The molecule has 2 aromatic rings. The molecule has 1 N–H and O–H groups in total. The molecule has 1 unspecified atom stereocenters. The fourth-order valence-electron chi connectivity index (χ4n) is 2.92. The van der Waals surface area contributed by atoms with Crippen molar-refractivity contribution in [1.82, 2.24) is 10.3 Å². The number of benzene rings is 1. The molecule has 5 nitrogen and oxygen atoms in total. The Morgan fingerprint density at radius 3 is 3.09 bits per heavy atom. The molecule has 23 heavy (non-hydrogen) atoms. The van der Waals surface area contributed by atoms with Crippen molar-refractivity contribution in [3.05, 3.63) is 53.3 Å². The lowest BCUT2D eigenvalue weighted by Crippen LogP contribution is -2.24. The van der Waals surface area contributed by atoms with E-state index in [0.717, 1.165) is 35.6 Å². The molecule has 1 aliphatic heterocycles. The summed E-state index contributed by atoms with van der Waals surface area (Å²) in [5, 5.41) is 2.63. The number of nitrogens with one attached hydrogen (secondary N) is 1. The monoisotopic (exact) mass is 312 g/mol. The predicted molar refractivity (Wildman–Crippen MR) is 87.0 cm³/mol. The van der Waals surface area contributed by atoms with Crippen LogP contribution in [0.15, 0.2) is 36.5 Å². The van der Waals surface area contributed by atoms with Crippen molar-refractivity contribution in [1.29, 1.82) is 0 Å². The maximum Gasteiger partial charge on any atom is 0.251 e. The summed E-state index contributed by atoms with van der Waals surface area (Å²) >= 11 is 0. The van der Waals surface area contributed by atoms with Crippen molar-refractivity contribution in [3.63, 3.8) is 0 Å². The Balaban J connectivity index is 1.74. The zero-order chi connectivity index (χ0) is 16.2. The molecule has 1 atom stereocenters. The second-order valence-electron chi connectivity index (χ2n) is 5.65. The number of rotatable bonds is 4. The SMILES string of the molecule is CNC(=O)c1ccnc(CC2COc3c(cccc3OC)C2)c1. The second kappa shape index (κ2) is 6.69. The van der Waals surface area contributed by atoms with Crippen LogP contribution in [0.2, 0.25) is 0 Å². The van der Waals surface area contributed by atoms with Gasteiger partial charge in [0.2, 0.25) is 0 Å².